The van der Waals surface area contributed by atoms with Gasteiger partial charge in [-0.05, 0) is 37.3 Å². The number of halogens is 1. The zero-order valence-corrected chi connectivity index (χ0v) is 12.7. The minimum absolute atomic E-state index is 0.371. The van der Waals surface area contributed by atoms with Crippen LogP contribution in [0.15, 0.2) is 12.1 Å². The van der Waals surface area contributed by atoms with E-state index in [1.165, 1.54) is 0 Å². The Balaban J connectivity index is 2.27. The molecule has 0 amide bonds. The van der Waals surface area contributed by atoms with E-state index < -0.39 is 0 Å². The van der Waals surface area contributed by atoms with Gasteiger partial charge in [-0.3, -0.25) is 0 Å². The van der Waals surface area contributed by atoms with Crippen molar-refractivity contribution in [1.29, 1.82) is 0 Å². The number of benzene rings is 1. The molecule has 1 aliphatic heterocycles. The number of ether oxygens (including phenoxy) is 3. The molecular weight excluding hydrogens is 264 g/mol. The number of hydrogen-bond acceptors (Lipinski definition) is 3. The van der Waals surface area contributed by atoms with Gasteiger partial charge in [0.25, 0.3) is 0 Å². The number of hydrogen-bond donors (Lipinski definition) is 0. The summed E-state index contributed by atoms with van der Waals surface area (Å²) in [4.78, 5) is 0. The number of epoxide rings is 1. The van der Waals surface area contributed by atoms with Crippen molar-refractivity contribution in [2.75, 3.05) is 14.2 Å². The first-order chi connectivity index (χ1) is 9.10. The van der Waals surface area contributed by atoms with Gasteiger partial charge >= 0.3 is 0 Å². The molecule has 0 spiro atoms. The summed E-state index contributed by atoms with van der Waals surface area (Å²) >= 11 is 6.23. The molecule has 0 aliphatic carbocycles. The lowest BCUT2D eigenvalue weighted by molar-refractivity contribution is 0.351. The fourth-order valence-corrected chi connectivity index (χ4v) is 2.72. The molecule has 0 bridgehead atoms. The Bertz CT molecular complexity index is 447. The van der Waals surface area contributed by atoms with Crippen LogP contribution in [0.5, 0.6) is 11.5 Å². The minimum Gasteiger partial charge on any atom is -0.496 e. The van der Waals surface area contributed by atoms with Crippen LogP contribution in [0.25, 0.3) is 0 Å². The van der Waals surface area contributed by atoms with Crippen LogP contribution >= 0.6 is 11.6 Å². The third-order valence-electron chi connectivity index (χ3n) is 3.79. The van der Waals surface area contributed by atoms with Crippen LogP contribution in [-0.2, 0) is 4.74 Å². The maximum absolute atomic E-state index is 6.23. The molecule has 1 aromatic rings. The summed E-state index contributed by atoms with van der Waals surface area (Å²) in [5.41, 5.74) is 1.14. The fraction of sp³-hybridized carbons (Fsp3) is 0.600. The first kappa shape index (κ1) is 14.5. The zero-order valence-electron chi connectivity index (χ0n) is 11.9. The van der Waals surface area contributed by atoms with Crippen LogP contribution in [0.1, 0.15) is 38.2 Å². The first-order valence-corrected chi connectivity index (χ1v) is 7.05. The molecule has 2 rings (SSSR count). The second-order valence-corrected chi connectivity index (χ2v) is 5.36. The molecule has 1 heterocycles. The SMILES string of the molecule is CCC(CC1OC1C)c1cc(Cl)c(OC)cc1OC. The summed E-state index contributed by atoms with van der Waals surface area (Å²) in [7, 11) is 3.28. The smallest absolute Gasteiger partial charge is 0.141 e. The van der Waals surface area contributed by atoms with Crippen LogP contribution in [-0.4, -0.2) is 26.4 Å². The highest BCUT2D eigenvalue weighted by Crippen LogP contribution is 2.41. The van der Waals surface area contributed by atoms with E-state index in [1.54, 1.807) is 14.2 Å². The van der Waals surface area contributed by atoms with Crippen LogP contribution < -0.4 is 9.47 Å². The molecule has 1 aliphatic rings. The molecule has 19 heavy (non-hydrogen) atoms. The Kier molecular flexibility index (Phi) is 4.58. The third-order valence-corrected chi connectivity index (χ3v) is 4.09. The predicted octanol–water partition coefficient (Wildman–Crippen LogP) is 4.03. The molecule has 1 fully saturated rings. The first-order valence-electron chi connectivity index (χ1n) is 6.67. The van der Waals surface area contributed by atoms with Gasteiger partial charge in [-0.2, -0.15) is 0 Å². The predicted molar refractivity (Wildman–Crippen MR) is 76.5 cm³/mol. The van der Waals surface area contributed by atoms with Gasteiger partial charge in [0.05, 0.1) is 31.5 Å². The number of rotatable bonds is 6. The average molecular weight is 285 g/mol. The highest BCUT2D eigenvalue weighted by atomic mass is 35.5. The largest absolute Gasteiger partial charge is 0.496 e. The highest BCUT2D eigenvalue weighted by Gasteiger charge is 2.36. The lowest BCUT2D eigenvalue weighted by atomic mass is 9.90. The van der Waals surface area contributed by atoms with Gasteiger partial charge in [0, 0.05) is 6.07 Å². The molecule has 3 nitrogen and oxygen atoms in total. The van der Waals surface area contributed by atoms with E-state index in [1.807, 2.05) is 12.1 Å². The highest BCUT2D eigenvalue weighted by molar-refractivity contribution is 6.32. The van der Waals surface area contributed by atoms with Gasteiger partial charge in [0.1, 0.15) is 11.5 Å². The Morgan fingerprint density at radius 2 is 1.89 bits per heavy atom. The van der Waals surface area contributed by atoms with Crippen molar-refractivity contribution in [3.63, 3.8) is 0 Å². The molecule has 4 heteroatoms. The lowest BCUT2D eigenvalue weighted by Crippen LogP contribution is -2.05. The summed E-state index contributed by atoms with van der Waals surface area (Å²) < 4.78 is 16.2. The molecule has 0 aromatic heterocycles. The van der Waals surface area contributed by atoms with Gasteiger partial charge in [0.2, 0.25) is 0 Å². The molecule has 0 N–H and O–H groups in total. The zero-order chi connectivity index (χ0) is 14.0. The van der Waals surface area contributed by atoms with Crippen LogP contribution in [0.3, 0.4) is 0 Å². The van der Waals surface area contributed by atoms with Gasteiger partial charge in [-0.1, -0.05) is 18.5 Å². The minimum atomic E-state index is 0.371. The summed E-state index contributed by atoms with van der Waals surface area (Å²) in [6, 6.07) is 3.82. The van der Waals surface area contributed by atoms with E-state index in [0.29, 0.717) is 28.9 Å². The molecular formula is C15H21ClO3. The van der Waals surface area contributed by atoms with Crippen molar-refractivity contribution in [3.05, 3.63) is 22.7 Å². The molecule has 0 saturated carbocycles. The van der Waals surface area contributed by atoms with Gasteiger partial charge < -0.3 is 14.2 Å². The van der Waals surface area contributed by atoms with E-state index in [2.05, 4.69) is 13.8 Å². The third kappa shape index (κ3) is 3.15. The van der Waals surface area contributed by atoms with Crippen molar-refractivity contribution in [1.82, 2.24) is 0 Å². The van der Waals surface area contributed by atoms with E-state index in [-0.39, 0.29) is 0 Å². The standard InChI is InChI=1S/C15H21ClO3/c1-5-10(6-13-9(2)19-13)11-7-12(16)15(18-4)8-14(11)17-3/h7-10,13H,5-6H2,1-4H3. The van der Waals surface area contributed by atoms with Crippen molar-refractivity contribution in [2.24, 2.45) is 0 Å². The van der Waals surface area contributed by atoms with Crippen LogP contribution in [0, 0.1) is 0 Å². The Hall–Kier alpha value is -0.930. The Morgan fingerprint density at radius 3 is 2.37 bits per heavy atom. The number of methoxy groups -OCH3 is 2. The van der Waals surface area contributed by atoms with Crippen molar-refractivity contribution < 1.29 is 14.2 Å². The molecule has 3 atom stereocenters. The normalized spacial score (nSPS) is 23.0. The van der Waals surface area contributed by atoms with Gasteiger partial charge in [0.15, 0.2) is 0 Å². The van der Waals surface area contributed by atoms with Gasteiger partial charge in [-0.25, -0.2) is 0 Å². The fourth-order valence-electron chi connectivity index (χ4n) is 2.47. The Morgan fingerprint density at radius 1 is 1.26 bits per heavy atom. The Labute approximate surface area is 119 Å². The van der Waals surface area contributed by atoms with Crippen LogP contribution in [0.2, 0.25) is 5.02 Å². The summed E-state index contributed by atoms with van der Waals surface area (Å²) in [5, 5.41) is 0.626. The maximum atomic E-state index is 6.23. The second kappa shape index (κ2) is 6.02. The van der Waals surface area contributed by atoms with E-state index in [0.717, 1.165) is 24.2 Å². The second-order valence-electron chi connectivity index (χ2n) is 4.95. The summed E-state index contributed by atoms with van der Waals surface area (Å²) in [6.45, 7) is 4.28. The molecule has 1 saturated heterocycles. The molecule has 3 unspecified atom stereocenters. The van der Waals surface area contributed by atoms with Crippen LogP contribution in [0.4, 0.5) is 0 Å². The van der Waals surface area contributed by atoms with Crippen molar-refractivity contribution in [2.45, 2.75) is 44.8 Å². The van der Waals surface area contributed by atoms with E-state index >= 15 is 0 Å². The topological polar surface area (TPSA) is 31.0 Å². The average Bonchev–Trinajstić information content (AvgIpc) is 3.11. The molecule has 0 radical (unpaired) electrons. The summed E-state index contributed by atoms with van der Waals surface area (Å²) in [5.74, 6) is 1.88. The quantitative estimate of drug-likeness (QED) is 0.739. The molecule has 1 aromatic carbocycles. The van der Waals surface area contributed by atoms with Crippen molar-refractivity contribution >= 4 is 11.6 Å². The summed E-state index contributed by atoms with van der Waals surface area (Å²) in [6.07, 6.45) is 2.80. The van der Waals surface area contributed by atoms with E-state index in [4.69, 9.17) is 25.8 Å². The van der Waals surface area contributed by atoms with Crippen molar-refractivity contribution in [3.8, 4) is 11.5 Å². The molecule has 106 valence electrons. The lowest BCUT2D eigenvalue weighted by Gasteiger charge is -2.19. The maximum Gasteiger partial charge on any atom is 0.141 e. The van der Waals surface area contributed by atoms with E-state index in [9.17, 15) is 0 Å². The monoisotopic (exact) mass is 284 g/mol. The van der Waals surface area contributed by atoms with Gasteiger partial charge in [-0.15, -0.1) is 0 Å².